The van der Waals surface area contributed by atoms with Gasteiger partial charge in [-0.25, -0.2) is 4.79 Å². The van der Waals surface area contributed by atoms with Gasteiger partial charge in [-0.05, 0) is 69.1 Å². The number of carboxylic acids is 1. The first kappa shape index (κ1) is 18.0. The van der Waals surface area contributed by atoms with Crippen molar-refractivity contribution in [3.05, 3.63) is 34.9 Å². The van der Waals surface area contributed by atoms with Gasteiger partial charge in [0, 0.05) is 11.1 Å². The molecule has 23 heavy (non-hydrogen) atoms. The molecule has 0 bridgehead atoms. The minimum absolute atomic E-state index is 0.0000722. The third-order valence-corrected chi connectivity index (χ3v) is 4.78. The highest BCUT2D eigenvalue weighted by atomic mass is 16.4. The summed E-state index contributed by atoms with van der Waals surface area (Å²) in [6.45, 7) is 15.3. The Balaban J connectivity index is 2.53. The van der Waals surface area contributed by atoms with Crippen LogP contribution in [-0.2, 0) is 5.41 Å². The molecular weight excluding hydrogens is 286 g/mol. The quantitative estimate of drug-likeness (QED) is 0.830. The molecule has 0 atom stereocenters. The van der Waals surface area contributed by atoms with Crippen molar-refractivity contribution in [1.82, 2.24) is 5.32 Å². The van der Waals surface area contributed by atoms with Gasteiger partial charge in [0.15, 0.2) is 0 Å². The number of piperidine rings is 1. The number of hydrogen-bond acceptors (Lipinski definition) is 2. The predicted octanol–water partition coefficient (Wildman–Crippen LogP) is 4.71. The summed E-state index contributed by atoms with van der Waals surface area (Å²) in [6, 6.07) is 5.89. The molecule has 2 N–H and O–H groups in total. The van der Waals surface area contributed by atoms with Crippen LogP contribution in [0.15, 0.2) is 18.2 Å². The highest BCUT2D eigenvalue weighted by Gasteiger charge is 2.39. The molecule has 1 aromatic carbocycles. The first-order valence-corrected chi connectivity index (χ1v) is 8.48. The van der Waals surface area contributed by atoms with Gasteiger partial charge in [0.1, 0.15) is 0 Å². The van der Waals surface area contributed by atoms with E-state index in [0.717, 1.165) is 18.4 Å². The van der Waals surface area contributed by atoms with Gasteiger partial charge in [0.05, 0.1) is 5.56 Å². The molecule has 0 radical (unpaired) electrons. The predicted molar refractivity (Wildman–Crippen MR) is 95.4 cm³/mol. The fraction of sp³-hybridized carbons (Fsp3) is 0.650. The van der Waals surface area contributed by atoms with Gasteiger partial charge in [-0.3, -0.25) is 0 Å². The molecule has 0 saturated carbocycles. The zero-order valence-electron chi connectivity index (χ0n) is 15.6. The molecule has 0 aliphatic carbocycles. The van der Waals surface area contributed by atoms with E-state index in [0.29, 0.717) is 5.56 Å². The summed E-state index contributed by atoms with van der Waals surface area (Å²) in [4.78, 5) is 11.7. The van der Waals surface area contributed by atoms with Crippen molar-refractivity contribution in [3.8, 4) is 0 Å². The van der Waals surface area contributed by atoms with Crippen LogP contribution < -0.4 is 5.32 Å². The van der Waals surface area contributed by atoms with Gasteiger partial charge >= 0.3 is 5.97 Å². The molecule has 3 heteroatoms. The van der Waals surface area contributed by atoms with Gasteiger partial charge in [-0.2, -0.15) is 0 Å². The number of rotatable bonds is 2. The second-order valence-electron chi connectivity index (χ2n) is 9.36. The van der Waals surface area contributed by atoms with Crippen LogP contribution in [0, 0.1) is 0 Å². The Bertz CT molecular complexity index is 593. The van der Waals surface area contributed by atoms with Crippen molar-refractivity contribution in [3.63, 3.8) is 0 Å². The molecule has 1 aromatic rings. The van der Waals surface area contributed by atoms with E-state index in [2.05, 4.69) is 59.8 Å². The molecule has 0 unspecified atom stereocenters. The Hall–Kier alpha value is -1.35. The largest absolute Gasteiger partial charge is 0.478 e. The molecule has 1 heterocycles. The third-order valence-electron chi connectivity index (χ3n) is 4.78. The number of hydrogen-bond donors (Lipinski definition) is 2. The minimum Gasteiger partial charge on any atom is -0.478 e. The standard InChI is InChI=1S/C20H31NO2/c1-18(2,3)14-8-9-15(17(22)23)16(10-14)13-11-19(4,5)21-20(6,7)12-13/h8-10,13,21H,11-12H2,1-7H3,(H,22,23). The van der Waals surface area contributed by atoms with E-state index in [9.17, 15) is 9.90 Å². The maximum atomic E-state index is 11.7. The fourth-order valence-corrected chi connectivity index (χ4v) is 4.10. The van der Waals surface area contributed by atoms with Crippen molar-refractivity contribution in [2.45, 2.75) is 83.7 Å². The van der Waals surface area contributed by atoms with E-state index in [-0.39, 0.29) is 22.4 Å². The van der Waals surface area contributed by atoms with Crippen LogP contribution in [0.2, 0.25) is 0 Å². The van der Waals surface area contributed by atoms with E-state index in [1.54, 1.807) is 6.07 Å². The van der Waals surface area contributed by atoms with Crippen LogP contribution in [0.5, 0.6) is 0 Å². The van der Waals surface area contributed by atoms with Crippen LogP contribution in [0.3, 0.4) is 0 Å². The van der Waals surface area contributed by atoms with Gasteiger partial charge in [-0.15, -0.1) is 0 Å². The van der Waals surface area contributed by atoms with E-state index in [4.69, 9.17) is 0 Å². The lowest BCUT2D eigenvalue weighted by Crippen LogP contribution is -2.57. The SMILES string of the molecule is CC1(C)CC(c2cc(C(C)(C)C)ccc2C(=O)O)CC(C)(C)N1. The summed E-state index contributed by atoms with van der Waals surface area (Å²) in [5.41, 5.74) is 2.67. The molecule has 1 saturated heterocycles. The number of benzene rings is 1. The molecule has 128 valence electrons. The second kappa shape index (κ2) is 5.62. The Labute approximate surface area is 140 Å². The monoisotopic (exact) mass is 317 g/mol. The lowest BCUT2D eigenvalue weighted by Gasteiger charge is -2.47. The van der Waals surface area contributed by atoms with Crippen molar-refractivity contribution >= 4 is 5.97 Å². The van der Waals surface area contributed by atoms with Crippen LogP contribution in [0.1, 0.15) is 88.7 Å². The fourth-order valence-electron chi connectivity index (χ4n) is 4.10. The van der Waals surface area contributed by atoms with Gasteiger partial charge in [0.25, 0.3) is 0 Å². The maximum Gasteiger partial charge on any atom is 0.335 e. The molecular formula is C20H31NO2. The Kier molecular flexibility index (Phi) is 4.40. The lowest BCUT2D eigenvalue weighted by molar-refractivity contribution is 0.0692. The zero-order chi connectivity index (χ0) is 17.6. The molecule has 3 nitrogen and oxygen atoms in total. The van der Waals surface area contributed by atoms with Crippen molar-refractivity contribution in [2.75, 3.05) is 0 Å². The number of aromatic carboxylic acids is 1. The molecule has 1 fully saturated rings. The second-order valence-corrected chi connectivity index (χ2v) is 9.36. The van der Waals surface area contributed by atoms with E-state index < -0.39 is 5.97 Å². The highest BCUT2D eigenvalue weighted by Crippen LogP contribution is 2.41. The van der Waals surface area contributed by atoms with Crippen LogP contribution in [0.25, 0.3) is 0 Å². The lowest BCUT2D eigenvalue weighted by atomic mass is 9.71. The average Bonchev–Trinajstić information content (AvgIpc) is 2.33. The van der Waals surface area contributed by atoms with E-state index >= 15 is 0 Å². The normalized spacial score (nSPS) is 21.2. The number of carboxylic acid groups (broad SMARTS) is 1. The number of nitrogens with one attached hydrogen (secondary N) is 1. The highest BCUT2D eigenvalue weighted by molar-refractivity contribution is 5.89. The minimum atomic E-state index is -0.824. The first-order chi connectivity index (χ1) is 10.3. The van der Waals surface area contributed by atoms with Crippen LogP contribution in [0.4, 0.5) is 0 Å². The van der Waals surface area contributed by atoms with Crippen molar-refractivity contribution < 1.29 is 9.90 Å². The topological polar surface area (TPSA) is 49.3 Å². The summed E-state index contributed by atoms with van der Waals surface area (Å²) in [5.74, 6) is -0.566. The summed E-state index contributed by atoms with van der Waals surface area (Å²) in [6.07, 6.45) is 1.90. The third kappa shape index (κ3) is 4.14. The Morgan fingerprint density at radius 3 is 2.09 bits per heavy atom. The summed E-state index contributed by atoms with van der Waals surface area (Å²) in [7, 11) is 0. The van der Waals surface area contributed by atoms with Crippen LogP contribution in [-0.4, -0.2) is 22.2 Å². The molecule has 1 aliphatic rings. The summed E-state index contributed by atoms with van der Waals surface area (Å²) < 4.78 is 0. The van der Waals surface area contributed by atoms with E-state index in [1.807, 2.05) is 6.07 Å². The van der Waals surface area contributed by atoms with E-state index in [1.165, 1.54) is 5.56 Å². The summed E-state index contributed by atoms with van der Waals surface area (Å²) >= 11 is 0. The van der Waals surface area contributed by atoms with Gasteiger partial charge in [-0.1, -0.05) is 32.9 Å². The summed E-state index contributed by atoms with van der Waals surface area (Å²) in [5, 5.41) is 13.3. The van der Waals surface area contributed by atoms with Gasteiger partial charge < -0.3 is 10.4 Å². The molecule has 0 aromatic heterocycles. The maximum absolute atomic E-state index is 11.7. The smallest absolute Gasteiger partial charge is 0.335 e. The number of carbonyl (C=O) groups is 1. The molecule has 1 aliphatic heterocycles. The molecule has 2 rings (SSSR count). The first-order valence-electron chi connectivity index (χ1n) is 8.48. The zero-order valence-corrected chi connectivity index (χ0v) is 15.6. The van der Waals surface area contributed by atoms with Gasteiger partial charge in [0.2, 0.25) is 0 Å². The van der Waals surface area contributed by atoms with Crippen molar-refractivity contribution in [2.24, 2.45) is 0 Å². The average molecular weight is 317 g/mol. The van der Waals surface area contributed by atoms with Crippen molar-refractivity contribution in [1.29, 1.82) is 0 Å². The Morgan fingerprint density at radius 1 is 1.13 bits per heavy atom. The Morgan fingerprint density at radius 2 is 1.65 bits per heavy atom. The molecule has 0 amide bonds. The van der Waals surface area contributed by atoms with Crippen LogP contribution >= 0.6 is 0 Å². The molecule has 0 spiro atoms.